The van der Waals surface area contributed by atoms with Crippen LogP contribution in [0.2, 0.25) is 0 Å². The summed E-state index contributed by atoms with van der Waals surface area (Å²) in [5, 5.41) is 4.34. The van der Waals surface area contributed by atoms with Crippen LogP contribution in [0.15, 0.2) is 23.5 Å². The molecule has 2 aliphatic rings. The molecule has 1 radical (unpaired) electrons. The van der Waals surface area contributed by atoms with Crippen LogP contribution in [0.5, 0.6) is 0 Å². The van der Waals surface area contributed by atoms with Gasteiger partial charge in [-0.1, -0.05) is 6.42 Å². The maximum atomic E-state index is 4.34. The van der Waals surface area contributed by atoms with Gasteiger partial charge in [0, 0.05) is 17.8 Å². The molecule has 1 saturated carbocycles. The predicted octanol–water partition coefficient (Wildman–Crippen LogP) is 2.19. The van der Waals surface area contributed by atoms with Crippen molar-refractivity contribution < 1.29 is 0 Å². The Morgan fingerprint density at radius 1 is 1.50 bits per heavy atom. The predicted molar refractivity (Wildman–Crippen MR) is 41.3 cm³/mol. The fourth-order valence-corrected chi connectivity index (χ4v) is 1.53. The Bertz CT molecular complexity index is 197. The standard InChI is InChI=1S/C9H12N/c1-7-5-6-10-9(7)8-3-2-4-8/h5-6,8H,2-4H2,1H3. The molecule has 0 aromatic rings. The third-order valence-corrected chi connectivity index (χ3v) is 2.43. The average Bonchev–Trinajstić information content (AvgIpc) is 2.12. The van der Waals surface area contributed by atoms with Crippen molar-refractivity contribution in [3.05, 3.63) is 23.5 Å². The van der Waals surface area contributed by atoms with E-state index in [0.717, 1.165) is 5.92 Å². The second kappa shape index (κ2) is 2.15. The lowest BCUT2D eigenvalue weighted by atomic mass is 9.82. The van der Waals surface area contributed by atoms with E-state index in [1.54, 1.807) is 0 Å². The van der Waals surface area contributed by atoms with Crippen molar-refractivity contribution in [3.63, 3.8) is 0 Å². The van der Waals surface area contributed by atoms with E-state index in [2.05, 4.69) is 18.3 Å². The van der Waals surface area contributed by atoms with Crippen LogP contribution in [-0.2, 0) is 0 Å². The number of hydrogen-bond donors (Lipinski definition) is 0. The van der Waals surface area contributed by atoms with Gasteiger partial charge >= 0.3 is 0 Å². The van der Waals surface area contributed by atoms with Crippen LogP contribution >= 0.6 is 0 Å². The maximum Gasteiger partial charge on any atom is 0.0464 e. The van der Waals surface area contributed by atoms with E-state index in [9.17, 15) is 0 Å². The molecule has 1 aliphatic carbocycles. The molecule has 0 unspecified atom stereocenters. The van der Waals surface area contributed by atoms with Gasteiger partial charge in [0.15, 0.2) is 0 Å². The van der Waals surface area contributed by atoms with E-state index < -0.39 is 0 Å². The summed E-state index contributed by atoms with van der Waals surface area (Å²) in [6.45, 7) is 2.15. The molecule has 1 nitrogen and oxygen atoms in total. The Labute approximate surface area is 61.8 Å². The smallest absolute Gasteiger partial charge is 0.0464 e. The van der Waals surface area contributed by atoms with Crippen molar-refractivity contribution in [2.24, 2.45) is 5.92 Å². The Kier molecular flexibility index (Phi) is 1.30. The third kappa shape index (κ3) is 0.772. The Balaban J connectivity index is 2.11. The summed E-state index contributed by atoms with van der Waals surface area (Å²) in [7, 11) is 0. The summed E-state index contributed by atoms with van der Waals surface area (Å²) in [6.07, 6.45) is 8.14. The van der Waals surface area contributed by atoms with Crippen molar-refractivity contribution in [1.29, 1.82) is 0 Å². The van der Waals surface area contributed by atoms with Gasteiger partial charge in [-0.05, 0) is 31.4 Å². The van der Waals surface area contributed by atoms with Gasteiger partial charge < -0.3 is 0 Å². The first-order chi connectivity index (χ1) is 4.88. The van der Waals surface area contributed by atoms with Crippen molar-refractivity contribution in [3.8, 4) is 0 Å². The average molecular weight is 134 g/mol. The van der Waals surface area contributed by atoms with Gasteiger partial charge in [0.1, 0.15) is 0 Å². The van der Waals surface area contributed by atoms with Crippen LogP contribution in [0, 0.1) is 5.92 Å². The van der Waals surface area contributed by atoms with Crippen LogP contribution in [0.3, 0.4) is 0 Å². The van der Waals surface area contributed by atoms with E-state index in [1.807, 2.05) is 6.20 Å². The Morgan fingerprint density at radius 3 is 2.70 bits per heavy atom. The topological polar surface area (TPSA) is 14.1 Å². The molecular formula is C9H12N. The molecule has 0 saturated heterocycles. The molecule has 2 rings (SSSR count). The zero-order chi connectivity index (χ0) is 6.97. The van der Waals surface area contributed by atoms with Crippen molar-refractivity contribution in [2.45, 2.75) is 26.2 Å². The summed E-state index contributed by atoms with van der Waals surface area (Å²) in [6, 6.07) is 0. The molecule has 10 heavy (non-hydrogen) atoms. The fraction of sp³-hybridized carbons (Fsp3) is 0.556. The first-order valence-corrected chi connectivity index (χ1v) is 3.96. The second-order valence-corrected chi connectivity index (χ2v) is 3.14. The van der Waals surface area contributed by atoms with Crippen LogP contribution in [0.1, 0.15) is 26.2 Å². The minimum Gasteiger partial charge on any atom is -0.261 e. The highest BCUT2D eigenvalue weighted by Crippen LogP contribution is 2.35. The molecule has 0 amide bonds. The lowest BCUT2D eigenvalue weighted by molar-refractivity contribution is 0.355. The molecule has 1 fully saturated rings. The van der Waals surface area contributed by atoms with Crippen LogP contribution < -0.4 is 5.32 Å². The summed E-state index contributed by atoms with van der Waals surface area (Å²) < 4.78 is 0. The SMILES string of the molecule is CC1=C(C2CCC2)[N]C=C1. The molecule has 0 N–H and O–H groups in total. The first kappa shape index (κ1) is 6.02. The monoisotopic (exact) mass is 134 g/mol. The highest BCUT2D eigenvalue weighted by Gasteiger charge is 2.24. The van der Waals surface area contributed by atoms with E-state index in [0.29, 0.717) is 0 Å². The number of rotatable bonds is 1. The number of allylic oxidation sites excluding steroid dienone is 3. The minimum absolute atomic E-state index is 0.801. The molecule has 0 aromatic heterocycles. The van der Waals surface area contributed by atoms with Gasteiger partial charge in [-0.3, -0.25) is 5.32 Å². The largest absolute Gasteiger partial charge is 0.261 e. The van der Waals surface area contributed by atoms with Crippen molar-refractivity contribution >= 4 is 0 Å². The molecular weight excluding hydrogens is 122 g/mol. The zero-order valence-corrected chi connectivity index (χ0v) is 6.30. The molecule has 0 spiro atoms. The summed E-state index contributed by atoms with van der Waals surface area (Å²) in [5.41, 5.74) is 2.73. The molecule has 53 valence electrons. The molecule has 0 bridgehead atoms. The van der Waals surface area contributed by atoms with E-state index in [-0.39, 0.29) is 0 Å². The van der Waals surface area contributed by atoms with Crippen LogP contribution in [0.4, 0.5) is 0 Å². The highest BCUT2D eigenvalue weighted by atomic mass is 14.9. The number of hydrogen-bond acceptors (Lipinski definition) is 0. The summed E-state index contributed by atoms with van der Waals surface area (Å²) in [4.78, 5) is 0. The molecule has 0 atom stereocenters. The van der Waals surface area contributed by atoms with Gasteiger partial charge in [0.05, 0.1) is 0 Å². The van der Waals surface area contributed by atoms with Gasteiger partial charge in [-0.25, -0.2) is 0 Å². The van der Waals surface area contributed by atoms with Gasteiger partial charge in [0.2, 0.25) is 0 Å². The Morgan fingerprint density at radius 2 is 2.30 bits per heavy atom. The van der Waals surface area contributed by atoms with Crippen molar-refractivity contribution in [2.75, 3.05) is 0 Å². The van der Waals surface area contributed by atoms with Crippen LogP contribution in [-0.4, -0.2) is 0 Å². The molecule has 1 aliphatic heterocycles. The van der Waals surface area contributed by atoms with Crippen molar-refractivity contribution in [1.82, 2.24) is 5.32 Å². The summed E-state index contributed by atoms with van der Waals surface area (Å²) >= 11 is 0. The normalized spacial score (nSPS) is 24.9. The van der Waals surface area contributed by atoms with Gasteiger partial charge in [-0.15, -0.1) is 0 Å². The fourth-order valence-electron chi connectivity index (χ4n) is 1.53. The maximum absolute atomic E-state index is 4.34. The lowest BCUT2D eigenvalue weighted by Crippen LogP contribution is -2.17. The van der Waals surface area contributed by atoms with Crippen LogP contribution in [0.25, 0.3) is 0 Å². The Hall–Kier alpha value is -0.720. The quantitative estimate of drug-likeness (QED) is 0.522. The zero-order valence-electron chi connectivity index (χ0n) is 6.30. The molecule has 0 aromatic carbocycles. The molecule has 1 heteroatoms. The molecule has 1 heterocycles. The van der Waals surface area contributed by atoms with E-state index >= 15 is 0 Å². The van der Waals surface area contributed by atoms with E-state index in [1.165, 1.54) is 30.5 Å². The number of nitrogens with zero attached hydrogens (tertiary/aromatic N) is 1. The van der Waals surface area contributed by atoms with Gasteiger partial charge in [-0.2, -0.15) is 0 Å². The summed E-state index contributed by atoms with van der Waals surface area (Å²) in [5.74, 6) is 0.801. The lowest BCUT2D eigenvalue weighted by Gasteiger charge is -2.26. The highest BCUT2D eigenvalue weighted by molar-refractivity contribution is 5.31. The minimum atomic E-state index is 0.801. The first-order valence-electron chi connectivity index (χ1n) is 3.96. The third-order valence-electron chi connectivity index (χ3n) is 2.43. The van der Waals surface area contributed by atoms with E-state index in [4.69, 9.17) is 0 Å². The second-order valence-electron chi connectivity index (χ2n) is 3.14. The van der Waals surface area contributed by atoms with Gasteiger partial charge in [0.25, 0.3) is 0 Å².